The van der Waals surface area contributed by atoms with E-state index in [1.54, 1.807) is 29.2 Å². The fourth-order valence-corrected chi connectivity index (χ4v) is 2.00. The van der Waals surface area contributed by atoms with Crippen molar-refractivity contribution in [1.82, 2.24) is 25.3 Å². The Labute approximate surface area is 133 Å². The van der Waals surface area contributed by atoms with Gasteiger partial charge in [0.15, 0.2) is 5.82 Å². The Bertz CT molecular complexity index is 740. The summed E-state index contributed by atoms with van der Waals surface area (Å²) in [5.41, 5.74) is 0.649. The SMILES string of the molecule is O=C(NCCNc1ccc(-n2cccn2)nn1)c1ccccc1. The average Bonchev–Trinajstić information content (AvgIpc) is 3.14. The number of aromatic nitrogens is 4. The maximum absolute atomic E-state index is 11.9. The quantitative estimate of drug-likeness (QED) is 0.674. The lowest BCUT2D eigenvalue weighted by Gasteiger charge is -2.07. The first-order chi connectivity index (χ1) is 11.3. The van der Waals surface area contributed by atoms with Crippen LogP contribution in [-0.4, -0.2) is 39.0 Å². The molecule has 2 N–H and O–H groups in total. The molecule has 1 amide bonds. The molecule has 0 aliphatic heterocycles. The highest BCUT2D eigenvalue weighted by Crippen LogP contribution is 2.05. The Morgan fingerprint density at radius 2 is 1.87 bits per heavy atom. The number of amides is 1. The van der Waals surface area contributed by atoms with Gasteiger partial charge in [-0.3, -0.25) is 4.79 Å². The molecule has 3 aromatic rings. The molecule has 0 unspecified atom stereocenters. The number of carbonyl (C=O) groups is 1. The molecule has 0 spiro atoms. The first-order valence-corrected chi connectivity index (χ1v) is 7.24. The lowest BCUT2D eigenvalue weighted by Crippen LogP contribution is -2.28. The van der Waals surface area contributed by atoms with Crippen molar-refractivity contribution in [3.63, 3.8) is 0 Å². The molecule has 0 aliphatic rings. The van der Waals surface area contributed by atoms with Crippen LogP contribution in [0.1, 0.15) is 10.4 Å². The zero-order valence-electron chi connectivity index (χ0n) is 12.4. The van der Waals surface area contributed by atoms with E-state index in [4.69, 9.17) is 0 Å². The normalized spacial score (nSPS) is 10.3. The van der Waals surface area contributed by atoms with E-state index in [-0.39, 0.29) is 5.91 Å². The smallest absolute Gasteiger partial charge is 0.251 e. The Hall–Kier alpha value is -3.22. The van der Waals surface area contributed by atoms with Crippen molar-refractivity contribution in [3.8, 4) is 5.82 Å². The number of hydrogen-bond donors (Lipinski definition) is 2. The van der Waals surface area contributed by atoms with Crippen LogP contribution in [0.3, 0.4) is 0 Å². The van der Waals surface area contributed by atoms with Gasteiger partial charge in [-0.2, -0.15) is 5.10 Å². The maximum Gasteiger partial charge on any atom is 0.251 e. The van der Waals surface area contributed by atoms with Gasteiger partial charge < -0.3 is 10.6 Å². The molecule has 2 aromatic heterocycles. The van der Waals surface area contributed by atoms with Crippen molar-refractivity contribution < 1.29 is 4.79 Å². The second-order valence-corrected chi connectivity index (χ2v) is 4.78. The number of carbonyl (C=O) groups excluding carboxylic acids is 1. The van der Waals surface area contributed by atoms with Crippen molar-refractivity contribution in [3.05, 3.63) is 66.5 Å². The lowest BCUT2D eigenvalue weighted by molar-refractivity contribution is 0.0955. The van der Waals surface area contributed by atoms with Crippen LogP contribution >= 0.6 is 0 Å². The van der Waals surface area contributed by atoms with Crippen molar-refractivity contribution in [2.24, 2.45) is 0 Å². The van der Waals surface area contributed by atoms with Crippen LogP contribution < -0.4 is 10.6 Å². The molecule has 0 atom stereocenters. The van der Waals surface area contributed by atoms with Gasteiger partial charge in [0.1, 0.15) is 5.82 Å². The van der Waals surface area contributed by atoms with E-state index in [1.165, 1.54) is 0 Å². The molecule has 23 heavy (non-hydrogen) atoms. The van der Waals surface area contributed by atoms with Crippen molar-refractivity contribution in [1.29, 1.82) is 0 Å². The first-order valence-electron chi connectivity index (χ1n) is 7.24. The summed E-state index contributed by atoms with van der Waals surface area (Å²) in [6, 6.07) is 14.6. The largest absolute Gasteiger partial charge is 0.367 e. The fourth-order valence-electron chi connectivity index (χ4n) is 2.00. The Kier molecular flexibility index (Phi) is 4.58. The summed E-state index contributed by atoms with van der Waals surface area (Å²) in [7, 11) is 0. The molecule has 0 bridgehead atoms. The third kappa shape index (κ3) is 3.91. The van der Waals surface area contributed by atoms with Gasteiger partial charge in [0.05, 0.1) is 0 Å². The highest BCUT2D eigenvalue weighted by Gasteiger charge is 2.03. The molecular weight excluding hydrogens is 292 g/mol. The van der Waals surface area contributed by atoms with Crippen LogP contribution in [0.5, 0.6) is 0 Å². The van der Waals surface area contributed by atoms with E-state index >= 15 is 0 Å². The Morgan fingerprint density at radius 1 is 1.00 bits per heavy atom. The highest BCUT2D eigenvalue weighted by atomic mass is 16.1. The second-order valence-electron chi connectivity index (χ2n) is 4.78. The number of nitrogens with zero attached hydrogens (tertiary/aromatic N) is 4. The third-order valence-electron chi connectivity index (χ3n) is 3.14. The number of nitrogens with one attached hydrogen (secondary N) is 2. The van der Waals surface area contributed by atoms with Crippen molar-refractivity contribution in [2.75, 3.05) is 18.4 Å². The second kappa shape index (κ2) is 7.17. The van der Waals surface area contributed by atoms with Crippen LogP contribution in [0.25, 0.3) is 5.82 Å². The van der Waals surface area contributed by atoms with E-state index in [9.17, 15) is 4.79 Å². The minimum Gasteiger partial charge on any atom is -0.367 e. The molecule has 0 saturated heterocycles. The van der Waals surface area contributed by atoms with Crippen molar-refractivity contribution >= 4 is 11.7 Å². The van der Waals surface area contributed by atoms with E-state index < -0.39 is 0 Å². The van der Waals surface area contributed by atoms with E-state index in [1.807, 2.05) is 36.4 Å². The maximum atomic E-state index is 11.9. The van der Waals surface area contributed by atoms with Gasteiger partial charge in [0, 0.05) is 31.0 Å². The summed E-state index contributed by atoms with van der Waals surface area (Å²) < 4.78 is 1.64. The van der Waals surface area contributed by atoms with Crippen LogP contribution in [0.4, 0.5) is 5.82 Å². The first kappa shape index (κ1) is 14.7. The molecule has 0 fully saturated rings. The minimum absolute atomic E-state index is 0.0903. The number of hydrogen-bond acceptors (Lipinski definition) is 5. The molecule has 116 valence electrons. The van der Waals surface area contributed by atoms with Crippen LogP contribution in [0.2, 0.25) is 0 Å². The molecular formula is C16H16N6O. The lowest BCUT2D eigenvalue weighted by atomic mass is 10.2. The minimum atomic E-state index is -0.0903. The standard InChI is InChI=1S/C16H16N6O/c23-16(13-5-2-1-3-6-13)18-11-10-17-14-7-8-15(21-20-14)22-12-4-9-19-22/h1-9,12H,10-11H2,(H,17,20)(H,18,23). The average molecular weight is 308 g/mol. The van der Waals surface area contributed by atoms with E-state index in [2.05, 4.69) is 25.9 Å². The molecule has 7 heteroatoms. The van der Waals surface area contributed by atoms with Crippen molar-refractivity contribution in [2.45, 2.75) is 0 Å². The zero-order chi connectivity index (χ0) is 15.9. The Morgan fingerprint density at radius 3 is 2.57 bits per heavy atom. The molecule has 0 radical (unpaired) electrons. The summed E-state index contributed by atoms with van der Waals surface area (Å²) in [5.74, 6) is 1.21. The number of benzene rings is 1. The van der Waals surface area contributed by atoms with E-state index in [0.29, 0.717) is 30.3 Å². The van der Waals surface area contributed by atoms with Gasteiger partial charge in [0.2, 0.25) is 0 Å². The topological polar surface area (TPSA) is 84.7 Å². The predicted molar refractivity (Wildman–Crippen MR) is 86.4 cm³/mol. The predicted octanol–water partition coefficient (Wildman–Crippen LogP) is 1.50. The van der Waals surface area contributed by atoms with E-state index in [0.717, 1.165) is 0 Å². The molecule has 0 saturated carbocycles. The summed E-state index contributed by atoms with van der Waals surface area (Å²) in [6.07, 6.45) is 3.49. The number of anilines is 1. The van der Waals surface area contributed by atoms with Gasteiger partial charge in [-0.25, -0.2) is 4.68 Å². The molecule has 3 rings (SSSR count). The summed E-state index contributed by atoms with van der Waals surface area (Å²) in [4.78, 5) is 11.9. The van der Waals surface area contributed by atoms with Crippen LogP contribution in [0.15, 0.2) is 60.9 Å². The molecule has 0 aliphatic carbocycles. The van der Waals surface area contributed by atoms with Crippen LogP contribution in [-0.2, 0) is 0 Å². The third-order valence-corrected chi connectivity index (χ3v) is 3.14. The Balaban J connectivity index is 1.45. The molecule has 1 aromatic carbocycles. The van der Waals surface area contributed by atoms with Gasteiger partial charge in [0.25, 0.3) is 5.91 Å². The summed E-state index contributed by atoms with van der Waals surface area (Å²) in [5, 5.41) is 18.2. The highest BCUT2D eigenvalue weighted by molar-refractivity contribution is 5.94. The molecule has 2 heterocycles. The van der Waals surface area contributed by atoms with Gasteiger partial charge in [-0.05, 0) is 30.3 Å². The number of rotatable bonds is 6. The summed E-state index contributed by atoms with van der Waals surface area (Å²) in [6.45, 7) is 1.06. The summed E-state index contributed by atoms with van der Waals surface area (Å²) >= 11 is 0. The zero-order valence-corrected chi connectivity index (χ0v) is 12.4. The van der Waals surface area contributed by atoms with Gasteiger partial charge >= 0.3 is 0 Å². The van der Waals surface area contributed by atoms with Crippen LogP contribution in [0, 0.1) is 0 Å². The fraction of sp³-hybridized carbons (Fsp3) is 0.125. The van der Waals surface area contributed by atoms with Gasteiger partial charge in [-0.1, -0.05) is 18.2 Å². The monoisotopic (exact) mass is 308 g/mol. The van der Waals surface area contributed by atoms with Gasteiger partial charge in [-0.15, -0.1) is 10.2 Å². The molecule has 7 nitrogen and oxygen atoms in total.